The van der Waals surface area contributed by atoms with Crippen LogP contribution in [0.1, 0.15) is 37.5 Å². The third kappa shape index (κ3) is 2.36. The molecule has 2 amide bonds. The molecule has 1 aliphatic carbocycles. The Morgan fingerprint density at radius 2 is 2.32 bits per heavy atom. The van der Waals surface area contributed by atoms with Gasteiger partial charge in [0.05, 0.1) is 11.4 Å². The van der Waals surface area contributed by atoms with Gasteiger partial charge in [0.25, 0.3) is 0 Å². The van der Waals surface area contributed by atoms with Gasteiger partial charge in [-0.2, -0.15) is 0 Å². The van der Waals surface area contributed by atoms with Crippen LogP contribution in [0, 0.1) is 0 Å². The number of fused-ring (bicyclic) bond motifs is 1. The summed E-state index contributed by atoms with van der Waals surface area (Å²) in [7, 11) is 0. The molecule has 0 spiro atoms. The van der Waals surface area contributed by atoms with Crippen LogP contribution in [-0.4, -0.2) is 44.3 Å². The lowest BCUT2D eigenvalue weighted by molar-refractivity contribution is -0.144. The van der Waals surface area contributed by atoms with Gasteiger partial charge in [0.1, 0.15) is 6.04 Å². The summed E-state index contributed by atoms with van der Waals surface area (Å²) in [5, 5.41) is 2.05. The number of thioether (sulfide) groups is 1. The summed E-state index contributed by atoms with van der Waals surface area (Å²) in [6.07, 6.45) is 3.65. The smallest absolute Gasteiger partial charge is 0.246 e. The standard InChI is InChI=1S/C16H20N2O2S2/c1-16-7-6-14(19)18(16)13(10-22-16)15(20)17(11-4-5-11)9-12-3-2-8-21-12/h2-3,8,11,13H,4-7,9-10H2,1H3/t13-,16-/m0/s1. The number of carbonyl (C=O) groups is 2. The van der Waals surface area contributed by atoms with Crippen molar-refractivity contribution in [3.05, 3.63) is 22.4 Å². The number of nitrogens with zero attached hydrogens (tertiary/aromatic N) is 2. The van der Waals surface area contributed by atoms with Gasteiger partial charge < -0.3 is 9.80 Å². The Labute approximate surface area is 138 Å². The van der Waals surface area contributed by atoms with E-state index in [1.54, 1.807) is 23.1 Å². The molecule has 1 aromatic heterocycles. The zero-order valence-corrected chi connectivity index (χ0v) is 14.3. The van der Waals surface area contributed by atoms with E-state index in [1.807, 2.05) is 15.9 Å². The summed E-state index contributed by atoms with van der Waals surface area (Å²) in [5.41, 5.74) is 0. The van der Waals surface area contributed by atoms with Crippen molar-refractivity contribution in [1.29, 1.82) is 0 Å². The number of rotatable bonds is 4. The Hall–Kier alpha value is -1.01. The van der Waals surface area contributed by atoms with E-state index in [0.717, 1.165) is 25.0 Å². The van der Waals surface area contributed by atoms with Crippen molar-refractivity contribution >= 4 is 34.9 Å². The molecule has 0 aromatic carbocycles. The first kappa shape index (κ1) is 14.6. The van der Waals surface area contributed by atoms with Gasteiger partial charge in [0, 0.05) is 23.1 Å². The average Bonchev–Trinajstić information content (AvgIpc) is 2.96. The van der Waals surface area contributed by atoms with Crippen LogP contribution in [0.25, 0.3) is 0 Å². The maximum Gasteiger partial charge on any atom is 0.246 e. The largest absolute Gasteiger partial charge is 0.333 e. The Morgan fingerprint density at radius 3 is 3.00 bits per heavy atom. The highest BCUT2D eigenvalue weighted by Crippen LogP contribution is 2.48. The lowest BCUT2D eigenvalue weighted by atomic mass is 10.2. The maximum atomic E-state index is 13.1. The lowest BCUT2D eigenvalue weighted by Crippen LogP contribution is -2.51. The second kappa shape index (κ2) is 5.27. The number of carbonyl (C=O) groups excluding carboxylic acids is 2. The SMILES string of the molecule is C[C@]12CCC(=O)N1[C@H](C(=O)N(Cc1cccs1)C1CC1)CS2. The van der Waals surface area contributed by atoms with Crippen LogP contribution in [0.5, 0.6) is 0 Å². The molecule has 4 rings (SSSR count). The molecule has 2 aliphatic heterocycles. The van der Waals surface area contributed by atoms with Crippen LogP contribution in [0.15, 0.2) is 17.5 Å². The van der Waals surface area contributed by atoms with Gasteiger partial charge in [-0.3, -0.25) is 9.59 Å². The molecule has 0 radical (unpaired) electrons. The number of thiophene rings is 1. The fraction of sp³-hybridized carbons (Fsp3) is 0.625. The molecule has 118 valence electrons. The minimum Gasteiger partial charge on any atom is -0.333 e. The first-order valence-electron chi connectivity index (χ1n) is 7.87. The molecule has 0 bridgehead atoms. The van der Waals surface area contributed by atoms with Gasteiger partial charge in [-0.15, -0.1) is 23.1 Å². The average molecular weight is 336 g/mol. The summed E-state index contributed by atoms with van der Waals surface area (Å²) in [4.78, 5) is 30.3. The summed E-state index contributed by atoms with van der Waals surface area (Å²) < 4.78 is 0. The molecule has 1 aromatic rings. The van der Waals surface area contributed by atoms with Gasteiger partial charge in [0.15, 0.2) is 0 Å². The molecule has 2 atom stereocenters. The summed E-state index contributed by atoms with van der Waals surface area (Å²) in [5.74, 6) is 1.05. The Kier molecular flexibility index (Phi) is 3.49. The van der Waals surface area contributed by atoms with Crippen molar-refractivity contribution in [3.8, 4) is 0 Å². The van der Waals surface area contributed by atoms with Crippen LogP contribution in [0.4, 0.5) is 0 Å². The molecule has 0 N–H and O–H groups in total. The molecule has 22 heavy (non-hydrogen) atoms. The molecular formula is C16H20N2O2S2. The number of hydrogen-bond acceptors (Lipinski definition) is 4. The Morgan fingerprint density at radius 1 is 1.50 bits per heavy atom. The van der Waals surface area contributed by atoms with E-state index < -0.39 is 0 Å². The molecule has 1 saturated carbocycles. The molecule has 6 heteroatoms. The second-order valence-electron chi connectivity index (χ2n) is 6.54. The Bertz CT molecular complexity index is 599. The summed E-state index contributed by atoms with van der Waals surface area (Å²) in [6, 6.07) is 4.24. The summed E-state index contributed by atoms with van der Waals surface area (Å²) in [6.45, 7) is 2.80. The minimum absolute atomic E-state index is 0.151. The number of hydrogen-bond donors (Lipinski definition) is 0. The highest BCUT2D eigenvalue weighted by atomic mass is 32.2. The van der Waals surface area contributed by atoms with Crippen LogP contribution in [-0.2, 0) is 16.1 Å². The molecule has 3 fully saturated rings. The van der Waals surface area contributed by atoms with E-state index in [-0.39, 0.29) is 22.7 Å². The van der Waals surface area contributed by atoms with Gasteiger partial charge in [-0.1, -0.05) is 6.07 Å². The first-order valence-corrected chi connectivity index (χ1v) is 9.74. The van der Waals surface area contributed by atoms with Crippen LogP contribution in [0.3, 0.4) is 0 Å². The molecule has 2 saturated heterocycles. The third-order valence-corrected chi connectivity index (χ3v) is 7.27. The van der Waals surface area contributed by atoms with Gasteiger partial charge >= 0.3 is 0 Å². The first-order chi connectivity index (χ1) is 10.6. The van der Waals surface area contributed by atoms with Crippen LogP contribution < -0.4 is 0 Å². The molecular weight excluding hydrogens is 316 g/mol. The van der Waals surface area contributed by atoms with Crippen molar-refractivity contribution < 1.29 is 9.59 Å². The maximum absolute atomic E-state index is 13.1. The fourth-order valence-corrected chi connectivity index (χ4v) is 5.66. The minimum atomic E-state index is -0.259. The van der Waals surface area contributed by atoms with E-state index in [4.69, 9.17) is 0 Å². The van der Waals surface area contributed by atoms with Gasteiger partial charge in [-0.05, 0) is 37.6 Å². The van der Waals surface area contributed by atoms with Crippen molar-refractivity contribution in [2.45, 2.75) is 56.1 Å². The van der Waals surface area contributed by atoms with E-state index in [0.29, 0.717) is 19.0 Å². The van der Waals surface area contributed by atoms with Crippen molar-refractivity contribution in [2.24, 2.45) is 0 Å². The predicted molar refractivity (Wildman–Crippen MR) is 88.6 cm³/mol. The number of amides is 2. The van der Waals surface area contributed by atoms with E-state index in [2.05, 4.69) is 18.4 Å². The summed E-state index contributed by atoms with van der Waals surface area (Å²) >= 11 is 3.47. The highest BCUT2D eigenvalue weighted by Gasteiger charge is 2.54. The van der Waals surface area contributed by atoms with E-state index >= 15 is 0 Å². The molecule has 0 unspecified atom stereocenters. The fourth-order valence-electron chi connectivity index (χ4n) is 3.54. The third-order valence-electron chi connectivity index (χ3n) is 4.91. The van der Waals surface area contributed by atoms with Crippen LogP contribution >= 0.6 is 23.1 Å². The molecule has 3 heterocycles. The monoisotopic (exact) mass is 336 g/mol. The zero-order valence-electron chi connectivity index (χ0n) is 12.7. The zero-order chi connectivity index (χ0) is 15.3. The second-order valence-corrected chi connectivity index (χ2v) is 9.08. The van der Waals surface area contributed by atoms with Crippen molar-refractivity contribution in [2.75, 3.05) is 5.75 Å². The predicted octanol–water partition coefficient (Wildman–Crippen LogP) is 2.69. The van der Waals surface area contributed by atoms with Crippen molar-refractivity contribution in [3.63, 3.8) is 0 Å². The molecule has 3 aliphatic rings. The van der Waals surface area contributed by atoms with E-state index in [1.165, 1.54) is 4.88 Å². The highest BCUT2D eigenvalue weighted by molar-refractivity contribution is 8.01. The normalized spacial score (nSPS) is 30.7. The van der Waals surface area contributed by atoms with Crippen LogP contribution in [0.2, 0.25) is 0 Å². The van der Waals surface area contributed by atoms with Gasteiger partial charge in [0.2, 0.25) is 11.8 Å². The van der Waals surface area contributed by atoms with Gasteiger partial charge in [-0.25, -0.2) is 0 Å². The Balaban J connectivity index is 1.55. The quantitative estimate of drug-likeness (QED) is 0.849. The van der Waals surface area contributed by atoms with E-state index in [9.17, 15) is 9.59 Å². The lowest BCUT2D eigenvalue weighted by Gasteiger charge is -2.33. The van der Waals surface area contributed by atoms with Crippen molar-refractivity contribution in [1.82, 2.24) is 9.80 Å². The molecule has 4 nitrogen and oxygen atoms in total. The topological polar surface area (TPSA) is 40.6 Å².